The van der Waals surface area contributed by atoms with Crippen molar-refractivity contribution in [2.24, 2.45) is 5.92 Å². The van der Waals surface area contributed by atoms with Gasteiger partial charge in [-0.05, 0) is 55.9 Å². The van der Waals surface area contributed by atoms with Gasteiger partial charge in [0.15, 0.2) is 0 Å². The maximum absolute atomic E-state index is 6.12. The number of nitrogens with zero attached hydrogens (tertiary/aromatic N) is 1. The summed E-state index contributed by atoms with van der Waals surface area (Å²) in [7, 11) is 0. The molecule has 0 amide bonds. The smallest absolute Gasteiger partial charge is 0.0602 e. The van der Waals surface area contributed by atoms with E-state index in [0.29, 0.717) is 0 Å². The number of hydrogen-bond donors (Lipinski definition) is 1. The number of hydrogen-bond acceptors (Lipinski definition) is 2. The Morgan fingerprint density at radius 1 is 1.25 bits per heavy atom. The minimum atomic E-state index is 0.787. The number of anilines is 2. The Hall–Kier alpha value is -1.18. The van der Waals surface area contributed by atoms with Crippen LogP contribution < -0.4 is 10.6 Å². The second-order valence-electron chi connectivity index (χ2n) is 5.19. The summed E-state index contributed by atoms with van der Waals surface area (Å²) >= 11 is 0. The maximum atomic E-state index is 6.12. The Bertz CT molecular complexity index is 385. The van der Waals surface area contributed by atoms with Crippen molar-refractivity contribution in [2.75, 3.05) is 23.7 Å². The summed E-state index contributed by atoms with van der Waals surface area (Å²) in [6, 6.07) is 4.34. The molecule has 1 aliphatic rings. The Kier molecular flexibility index (Phi) is 3.08. The second-order valence-corrected chi connectivity index (χ2v) is 5.19. The zero-order valence-electron chi connectivity index (χ0n) is 10.6. The maximum Gasteiger partial charge on any atom is 0.0602 e. The van der Waals surface area contributed by atoms with Crippen LogP contribution in [0.2, 0.25) is 0 Å². The SMILES string of the molecule is Cc1cc(N)c(N2CCC[C@H](C)C2)cc1C. The zero-order valence-corrected chi connectivity index (χ0v) is 10.6. The average Bonchev–Trinajstić information content (AvgIpc) is 2.23. The lowest BCUT2D eigenvalue weighted by molar-refractivity contribution is 0.447. The third-order valence-corrected chi connectivity index (χ3v) is 3.64. The van der Waals surface area contributed by atoms with E-state index >= 15 is 0 Å². The molecule has 1 aromatic rings. The van der Waals surface area contributed by atoms with Gasteiger partial charge in [-0.25, -0.2) is 0 Å². The van der Waals surface area contributed by atoms with E-state index in [-0.39, 0.29) is 0 Å². The van der Waals surface area contributed by atoms with E-state index in [1.807, 2.05) is 0 Å². The third kappa shape index (κ3) is 2.16. The van der Waals surface area contributed by atoms with Gasteiger partial charge in [0.2, 0.25) is 0 Å². The molecule has 1 saturated heterocycles. The van der Waals surface area contributed by atoms with Crippen LogP contribution >= 0.6 is 0 Å². The molecule has 0 radical (unpaired) electrons. The fourth-order valence-corrected chi connectivity index (χ4v) is 2.51. The van der Waals surface area contributed by atoms with Crippen LogP contribution in [0.3, 0.4) is 0 Å². The minimum absolute atomic E-state index is 0.787. The molecular weight excluding hydrogens is 196 g/mol. The number of rotatable bonds is 1. The topological polar surface area (TPSA) is 29.3 Å². The predicted octanol–water partition coefficient (Wildman–Crippen LogP) is 3.12. The molecule has 0 bridgehead atoms. The van der Waals surface area contributed by atoms with Crippen LogP contribution in [-0.2, 0) is 0 Å². The summed E-state index contributed by atoms with van der Waals surface area (Å²) in [6.07, 6.45) is 2.63. The number of nitrogens with two attached hydrogens (primary N) is 1. The molecule has 0 saturated carbocycles. The van der Waals surface area contributed by atoms with Crippen LogP contribution in [0.15, 0.2) is 12.1 Å². The number of aryl methyl sites for hydroxylation is 2. The zero-order chi connectivity index (χ0) is 11.7. The largest absolute Gasteiger partial charge is 0.397 e. The fraction of sp³-hybridized carbons (Fsp3) is 0.571. The van der Waals surface area contributed by atoms with E-state index in [0.717, 1.165) is 24.7 Å². The Morgan fingerprint density at radius 2 is 1.94 bits per heavy atom. The summed E-state index contributed by atoms with van der Waals surface area (Å²) in [5.74, 6) is 0.787. The van der Waals surface area contributed by atoms with E-state index in [2.05, 4.69) is 37.8 Å². The van der Waals surface area contributed by atoms with Gasteiger partial charge < -0.3 is 10.6 Å². The van der Waals surface area contributed by atoms with E-state index in [1.165, 1.54) is 29.7 Å². The first-order valence-electron chi connectivity index (χ1n) is 6.19. The molecule has 2 rings (SSSR count). The summed E-state index contributed by atoms with van der Waals surface area (Å²) in [5.41, 5.74) is 10.9. The molecule has 16 heavy (non-hydrogen) atoms. The van der Waals surface area contributed by atoms with Crippen molar-refractivity contribution in [2.45, 2.75) is 33.6 Å². The van der Waals surface area contributed by atoms with Crippen molar-refractivity contribution < 1.29 is 0 Å². The molecule has 1 aliphatic heterocycles. The normalized spacial score (nSPS) is 21.2. The van der Waals surface area contributed by atoms with Gasteiger partial charge in [0.05, 0.1) is 11.4 Å². The first-order valence-corrected chi connectivity index (χ1v) is 6.19. The molecule has 1 fully saturated rings. The van der Waals surface area contributed by atoms with E-state index in [1.54, 1.807) is 0 Å². The Labute approximate surface area is 98.4 Å². The van der Waals surface area contributed by atoms with E-state index < -0.39 is 0 Å². The molecule has 0 aromatic heterocycles. The quantitative estimate of drug-likeness (QED) is 0.734. The van der Waals surface area contributed by atoms with Crippen LogP contribution in [0.5, 0.6) is 0 Å². The van der Waals surface area contributed by atoms with Gasteiger partial charge in [0, 0.05) is 13.1 Å². The Balaban J connectivity index is 2.29. The molecule has 2 heteroatoms. The highest BCUT2D eigenvalue weighted by molar-refractivity contribution is 5.70. The molecule has 1 aromatic carbocycles. The lowest BCUT2D eigenvalue weighted by Crippen LogP contribution is -2.34. The molecule has 88 valence electrons. The van der Waals surface area contributed by atoms with Crippen LogP contribution in [0.4, 0.5) is 11.4 Å². The summed E-state index contributed by atoms with van der Waals surface area (Å²) in [4.78, 5) is 2.44. The minimum Gasteiger partial charge on any atom is -0.397 e. The second kappa shape index (κ2) is 4.36. The highest BCUT2D eigenvalue weighted by Crippen LogP contribution is 2.30. The number of benzene rings is 1. The lowest BCUT2D eigenvalue weighted by Gasteiger charge is -2.34. The van der Waals surface area contributed by atoms with Crippen molar-refractivity contribution in [1.29, 1.82) is 0 Å². The van der Waals surface area contributed by atoms with Gasteiger partial charge in [0.25, 0.3) is 0 Å². The van der Waals surface area contributed by atoms with Crippen LogP contribution in [0, 0.1) is 19.8 Å². The molecule has 2 N–H and O–H groups in total. The summed E-state index contributed by atoms with van der Waals surface area (Å²) in [5, 5.41) is 0. The number of piperidine rings is 1. The summed E-state index contributed by atoms with van der Waals surface area (Å²) < 4.78 is 0. The van der Waals surface area contributed by atoms with E-state index in [9.17, 15) is 0 Å². The highest BCUT2D eigenvalue weighted by Gasteiger charge is 2.18. The predicted molar refractivity (Wildman–Crippen MR) is 70.9 cm³/mol. The third-order valence-electron chi connectivity index (χ3n) is 3.64. The van der Waals surface area contributed by atoms with Crippen LogP contribution in [0.1, 0.15) is 30.9 Å². The van der Waals surface area contributed by atoms with Crippen molar-refractivity contribution in [3.63, 3.8) is 0 Å². The highest BCUT2D eigenvalue weighted by atomic mass is 15.1. The van der Waals surface area contributed by atoms with Crippen molar-refractivity contribution >= 4 is 11.4 Å². The molecule has 1 heterocycles. The van der Waals surface area contributed by atoms with Gasteiger partial charge in [-0.2, -0.15) is 0 Å². The first-order chi connectivity index (χ1) is 7.58. The van der Waals surface area contributed by atoms with Gasteiger partial charge in [0.1, 0.15) is 0 Å². The Morgan fingerprint density at radius 3 is 2.62 bits per heavy atom. The molecule has 0 spiro atoms. The lowest BCUT2D eigenvalue weighted by atomic mass is 9.98. The van der Waals surface area contributed by atoms with Crippen molar-refractivity contribution in [3.8, 4) is 0 Å². The molecule has 0 unspecified atom stereocenters. The summed E-state index contributed by atoms with van der Waals surface area (Å²) in [6.45, 7) is 8.90. The molecule has 0 aliphatic carbocycles. The monoisotopic (exact) mass is 218 g/mol. The van der Waals surface area contributed by atoms with Crippen LogP contribution in [0.25, 0.3) is 0 Å². The average molecular weight is 218 g/mol. The number of nitrogen functional groups attached to an aromatic ring is 1. The molecule has 2 nitrogen and oxygen atoms in total. The standard InChI is InChI=1S/C14H22N2/c1-10-5-4-6-16(9-10)14-8-12(3)11(2)7-13(14)15/h7-8,10H,4-6,9,15H2,1-3H3/t10-/m0/s1. The molecule has 1 atom stereocenters. The van der Waals surface area contributed by atoms with Gasteiger partial charge in [-0.15, -0.1) is 0 Å². The van der Waals surface area contributed by atoms with Gasteiger partial charge >= 0.3 is 0 Å². The van der Waals surface area contributed by atoms with E-state index in [4.69, 9.17) is 5.73 Å². The molecular formula is C14H22N2. The fourth-order valence-electron chi connectivity index (χ4n) is 2.51. The van der Waals surface area contributed by atoms with Gasteiger partial charge in [-0.1, -0.05) is 6.92 Å². The van der Waals surface area contributed by atoms with Crippen molar-refractivity contribution in [3.05, 3.63) is 23.3 Å². The van der Waals surface area contributed by atoms with Gasteiger partial charge in [-0.3, -0.25) is 0 Å². The van der Waals surface area contributed by atoms with Crippen LogP contribution in [-0.4, -0.2) is 13.1 Å². The van der Waals surface area contributed by atoms with Crippen molar-refractivity contribution in [1.82, 2.24) is 0 Å². The first kappa shape index (κ1) is 11.3.